The molecule has 0 bridgehead atoms. The van der Waals surface area contributed by atoms with Crippen molar-refractivity contribution in [2.24, 2.45) is 0 Å². The van der Waals surface area contributed by atoms with E-state index in [0.29, 0.717) is 12.1 Å². The average Bonchev–Trinajstić information content (AvgIpc) is 2.45. The highest BCUT2D eigenvalue weighted by Gasteiger charge is 2.22. The van der Waals surface area contributed by atoms with Gasteiger partial charge in [0, 0.05) is 19.5 Å². The van der Waals surface area contributed by atoms with Crippen molar-refractivity contribution in [1.29, 1.82) is 0 Å². The molecule has 2 amide bonds. The van der Waals surface area contributed by atoms with Gasteiger partial charge in [0.1, 0.15) is 11.8 Å². The van der Waals surface area contributed by atoms with Gasteiger partial charge in [-0.15, -0.1) is 0 Å². The Labute approximate surface area is 122 Å². The fraction of sp³-hybridized carbons (Fsp3) is 0.429. The van der Waals surface area contributed by atoms with Crippen molar-refractivity contribution in [2.45, 2.75) is 19.4 Å². The number of likely N-dealkylation sites (N-methyl/N-ethyl adjacent to an activating group) is 1. The number of rotatable bonds is 7. The molecule has 1 atom stereocenters. The van der Waals surface area contributed by atoms with Crippen LogP contribution in [0, 0.1) is 0 Å². The Bertz CT molecular complexity index is 475. The van der Waals surface area contributed by atoms with Crippen molar-refractivity contribution >= 4 is 12.0 Å². The highest BCUT2D eigenvalue weighted by molar-refractivity contribution is 5.82. The molecule has 0 unspecified atom stereocenters. The maximum atomic E-state index is 11.9. The van der Waals surface area contributed by atoms with Gasteiger partial charge in [0.05, 0.1) is 6.61 Å². The standard InChI is InChI=1S/C14H20N2O5/c1-2-16(7-8-17)14(21)15-12(13(19)20)9-10-3-5-11(18)6-4-10/h3-6,12,17-18H,2,7-9H2,1H3,(H,15,21)(H,19,20)/t12-/m0/s1. The van der Waals surface area contributed by atoms with Crippen molar-refractivity contribution in [1.82, 2.24) is 10.2 Å². The number of urea groups is 1. The van der Waals surface area contributed by atoms with E-state index in [0.717, 1.165) is 0 Å². The summed E-state index contributed by atoms with van der Waals surface area (Å²) in [6, 6.07) is 4.51. The summed E-state index contributed by atoms with van der Waals surface area (Å²) in [5.74, 6) is -1.05. The lowest BCUT2D eigenvalue weighted by Gasteiger charge is -2.23. The summed E-state index contributed by atoms with van der Waals surface area (Å²) < 4.78 is 0. The molecule has 1 aromatic carbocycles. The fourth-order valence-electron chi connectivity index (χ4n) is 1.83. The first-order valence-electron chi connectivity index (χ1n) is 6.65. The van der Waals surface area contributed by atoms with Gasteiger partial charge in [0.25, 0.3) is 0 Å². The van der Waals surface area contributed by atoms with Crippen LogP contribution in [0.4, 0.5) is 4.79 Å². The number of carboxylic acid groups (broad SMARTS) is 1. The summed E-state index contributed by atoms with van der Waals surface area (Å²) in [4.78, 5) is 24.5. The largest absolute Gasteiger partial charge is 0.508 e. The van der Waals surface area contributed by atoms with Crippen LogP contribution in [-0.2, 0) is 11.2 Å². The third kappa shape index (κ3) is 5.31. The number of carbonyl (C=O) groups is 2. The minimum Gasteiger partial charge on any atom is -0.508 e. The number of phenolic OH excluding ortho intramolecular Hbond substituents is 1. The molecule has 0 fully saturated rings. The summed E-state index contributed by atoms with van der Waals surface area (Å²) in [5.41, 5.74) is 0.686. The summed E-state index contributed by atoms with van der Waals surface area (Å²) in [6.45, 7) is 2.08. The van der Waals surface area contributed by atoms with Gasteiger partial charge < -0.3 is 25.5 Å². The Hall–Kier alpha value is -2.28. The van der Waals surface area contributed by atoms with Crippen LogP contribution >= 0.6 is 0 Å². The first kappa shape index (κ1) is 16.8. The van der Waals surface area contributed by atoms with Crippen LogP contribution in [-0.4, -0.2) is 58.0 Å². The van der Waals surface area contributed by atoms with E-state index < -0.39 is 18.0 Å². The number of amides is 2. The van der Waals surface area contributed by atoms with Gasteiger partial charge in [-0.2, -0.15) is 0 Å². The number of hydrogen-bond acceptors (Lipinski definition) is 4. The molecule has 7 heteroatoms. The number of nitrogens with zero attached hydrogens (tertiary/aromatic N) is 1. The second-order valence-corrected chi connectivity index (χ2v) is 4.51. The van der Waals surface area contributed by atoms with E-state index in [1.54, 1.807) is 19.1 Å². The molecule has 0 aliphatic heterocycles. The highest BCUT2D eigenvalue weighted by Crippen LogP contribution is 2.11. The number of nitrogens with one attached hydrogen (secondary N) is 1. The number of aliphatic hydroxyl groups is 1. The molecular weight excluding hydrogens is 276 g/mol. The Kier molecular flexibility index (Phi) is 6.48. The van der Waals surface area contributed by atoms with Crippen molar-refractivity contribution in [3.05, 3.63) is 29.8 Å². The maximum Gasteiger partial charge on any atom is 0.326 e. The number of carboxylic acids is 1. The van der Waals surface area contributed by atoms with E-state index in [1.807, 2.05) is 0 Å². The number of aromatic hydroxyl groups is 1. The van der Waals surface area contributed by atoms with Crippen LogP contribution in [0.1, 0.15) is 12.5 Å². The summed E-state index contributed by atoms with van der Waals surface area (Å²) in [6.07, 6.45) is 0.109. The number of aliphatic carboxylic acids is 1. The zero-order valence-corrected chi connectivity index (χ0v) is 11.8. The van der Waals surface area contributed by atoms with Gasteiger partial charge in [-0.1, -0.05) is 12.1 Å². The van der Waals surface area contributed by atoms with E-state index in [1.165, 1.54) is 17.0 Å². The van der Waals surface area contributed by atoms with E-state index in [9.17, 15) is 19.8 Å². The lowest BCUT2D eigenvalue weighted by atomic mass is 10.1. The normalized spacial score (nSPS) is 11.7. The lowest BCUT2D eigenvalue weighted by molar-refractivity contribution is -0.139. The topological polar surface area (TPSA) is 110 Å². The zero-order chi connectivity index (χ0) is 15.8. The first-order chi connectivity index (χ1) is 9.97. The molecule has 0 saturated carbocycles. The van der Waals surface area contributed by atoms with E-state index in [2.05, 4.69) is 5.32 Å². The predicted octanol–water partition coefficient (Wildman–Crippen LogP) is 0.412. The lowest BCUT2D eigenvalue weighted by Crippen LogP contribution is -2.49. The van der Waals surface area contributed by atoms with Crippen LogP contribution in [0.2, 0.25) is 0 Å². The van der Waals surface area contributed by atoms with Gasteiger partial charge in [-0.05, 0) is 24.6 Å². The van der Waals surface area contributed by atoms with E-state index >= 15 is 0 Å². The average molecular weight is 296 g/mol. The molecule has 1 aromatic rings. The van der Waals surface area contributed by atoms with Crippen molar-refractivity contribution in [3.8, 4) is 5.75 Å². The minimum atomic E-state index is -1.14. The van der Waals surface area contributed by atoms with Crippen LogP contribution in [0.15, 0.2) is 24.3 Å². The maximum absolute atomic E-state index is 11.9. The van der Waals surface area contributed by atoms with Gasteiger partial charge in [0.2, 0.25) is 0 Å². The Morgan fingerprint density at radius 3 is 2.38 bits per heavy atom. The SMILES string of the molecule is CCN(CCO)C(=O)N[C@@H](Cc1ccc(O)cc1)C(=O)O. The number of benzene rings is 1. The van der Waals surface area contributed by atoms with Crippen molar-refractivity contribution < 1.29 is 24.9 Å². The second-order valence-electron chi connectivity index (χ2n) is 4.51. The summed E-state index contributed by atoms with van der Waals surface area (Å²) >= 11 is 0. The van der Waals surface area contributed by atoms with Gasteiger partial charge in [-0.3, -0.25) is 0 Å². The number of aliphatic hydroxyl groups excluding tert-OH is 1. The number of carbonyl (C=O) groups excluding carboxylic acids is 1. The predicted molar refractivity (Wildman–Crippen MR) is 76.1 cm³/mol. The Morgan fingerprint density at radius 1 is 1.29 bits per heavy atom. The number of hydrogen-bond donors (Lipinski definition) is 4. The molecule has 0 spiro atoms. The Morgan fingerprint density at radius 2 is 1.90 bits per heavy atom. The third-order valence-electron chi connectivity index (χ3n) is 3.01. The van der Waals surface area contributed by atoms with Crippen LogP contribution in [0.3, 0.4) is 0 Å². The van der Waals surface area contributed by atoms with Gasteiger partial charge in [0.15, 0.2) is 0 Å². The van der Waals surface area contributed by atoms with Gasteiger partial charge >= 0.3 is 12.0 Å². The summed E-state index contributed by atoms with van der Waals surface area (Å²) in [5, 5.41) is 29.7. The smallest absolute Gasteiger partial charge is 0.326 e. The molecule has 0 saturated heterocycles. The number of phenols is 1. The molecule has 7 nitrogen and oxygen atoms in total. The van der Waals surface area contributed by atoms with E-state index in [4.69, 9.17) is 5.11 Å². The van der Waals surface area contributed by atoms with Crippen LogP contribution < -0.4 is 5.32 Å². The van der Waals surface area contributed by atoms with Crippen LogP contribution in [0.5, 0.6) is 5.75 Å². The fourth-order valence-corrected chi connectivity index (χ4v) is 1.83. The van der Waals surface area contributed by atoms with Crippen molar-refractivity contribution in [3.63, 3.8) is 0 Å². The Balaban J connectivity index is 2.71. The molecule has 0 aliphatic rings. The van der Waals surface area contributed by atoms with Gasteiger partial charge in [-0.25, -0.2) is 9.59 Å². The highest BCUT2D eigenvalue weighted by atomic mass is 16.4. The molecule has 0 aliphatic carbocycles. The molecular formula is C14H20N2O5. The second kappa shape index (κ2) is 8.11. The molecule has 21 heavy (non-hydrogen) atoms. The first-order valence-corrected chi connectivity index (χ1v) is 6.65. The summed E-state index contributed by atoms with van der Waals surface area (Å²) in [7, 11) is 0. The van der Waals surface area contributed by atoms with Crippen LogP contribution in [0.25, 0.3) is 0 Å². The molecule has 0 radical (unpaired) electrons. The quantitative estimate of drug-likeness (QED) is 0.582. The van der Waals surface area contributed by atoms with E-state index in [-0.39, 0.29) is 25.3 Å². The molecule has 116 valence electrons. The van der Waals surface area contributed by atoms with Crippen molar-refractivity contribution in [2.75, 3.05) is 19.7 Å². The molecule has 0 heterocycles. The third-order valence-corrected chi connectivity index (χ3v) is 3.01. The monoisotopic (exact) mass is 296 g/mol. The molecule has 0 aromatic heterocycles. The minimum absolute atomic E-state index is 0.0924. The molecule has 4 N–H and O–H groups in total. The zero-order valence-electron chi connectivity index (χ0n) is 11.8. The molecule has 1 rings (SSSR count).